The number of rotatable bonds is 8. The molecule has 3 atom stereocenters. The van der Waals surface area contributed by atoms with E-state index in [0.717, 1.165) is 0 Å². The molecule has 9 heteroatoms. The second-order valence-electron chi connectivity index (χ2n) is 4.51. The van der Waals surface area contributed by atoms with E-state index in [2.05, 4.69) is 10.6 Å². The van der Waals surface area contributed by atoms with Gasteiger partial charge in [0.15, 0.2) is 0 Å². The Labute approximate surface area is 108 Å². The van der Waals surface area contributed by atoms with Gasteiger partial charge in [0.25, 0.3) is 0 Å². The minimum Gasteiger partial charge on any atom is -0.481 e. The molecule has 1 rings (SSSR count). The summed E-state index contributed by atoms with van der Waals surface area (Å²) in [5.74, 6) is -2.26. The molecule has 0 spiro atoms. The van der Waals surface area contributed by atoms with E-state index in [1.807, 2.05) is 0 Å². The molecular formula is C10H16N2O7. The van der Waals surface area contributed by atoms with Crippen molar-refractivity contribution >= 4 is 18.0 Å². The van der Waals surface area contributed by atoms with Gasteiger partial charge in [-0.2, -0.15) is 0 Å². The zero-order valence-corrected chi connectivity index (χ0v) is 10.00. The van der Waals surface area contributed by atoms with Crippen LogP contribution in [0, 0.1) is 0 Å². The van der Waals surface area contributed by atoms with Crippen molar-refractivity contribution in [3.63, 3.8) is 0 Å². The van der Waals surface area contributed by atoms with Crippen molar-refractivity contribution in [3.8, 4) is 0 Å². The van der Waals surface area contributed by atoms with Crippen LogP contribution in [0.5, 0.6) is 0 Å². The van der Waals surface area contributed by atoms with Gasteiger partial charge in [0.1, 0.15) is 6.04 Å². The Kier molecular flexibility index (Phi) is 4.67. The highest BCUT2D eigenvalue weighted by Crippen LogP contribution is 2.32. The normalized spacial score (nSPS) is 26.5. The standard InChI is InChI=1S/C10H16N2O7/c13-4-10(7(12-10)8(16)17)2-1-5(3-6(14)15)11-9(18)19/h5,7,11-13H,1-4H2,(H,14,15)(H,16,17)(H,18,19). The first-order chi connectivity index (χ1) is 8.80. The van der Waals surface area contributed by atoms with Gasteiger partial charge in [-0.1, -0.05) is 0 Å². The van der Waals surface area contributed by atoms with Gasteiger partial charge in [0, 0.05) is 6.04 Å². The van der Waals surface area contributed by atoms with E-state index in [1.54, 1.807) is 0 Å². The van der Waals surface area contributed by atoms with Crippen molar-refractivity contribution in [3.05, 3.63) is 0 Å². The van der Waals surface area contributed by atoms with Crippen molar-refractivity contribution in [2.75, 3.05) is 6.61 Å². The highest BCUT2D eigenvalue weighted by Gasteiger charge is 2.57. The zero-order valence-electron chi connectivity index (χ0n) is 10.00. The molecule has 0 aromatic heterocycles. The van der Waals surface area contributed by atoms with Gasteiger partial charge < -0.3 is 25.7 Å². The monoisotopic (exact) mass is 276 g/mol. The average molecular weight is 276 g/mol. The first-order valence-electron chi connectivity index (χ1n) is 5.63. The van der Waals surface area contributed by atoms with Gasteiger partial charge >= 0.3 is 18.0 Å². The third-order valence-corrected chi connectivity index (χ3v) is 3.12. The van der Waals surface area contributed by atoms with Crippen LogP contribution in [0.4, 0.5) is 4.79 Å². The Balaban J connectivity index is 2.53. The average Bonchev–Trinajstić information content (AvgIpc) is 3.00. The van der Waals surface area contributed by atoms with Crippen LogP contribution >= 0.6 is 0 Å². The quantitative estimate of drug-likeness (QED) is 0.296. The maximum atomic E-state index is 10.8. The Hall–Kier alpha value is -1.87. The lowest BCUT2D eigenvalue weighted by Crippen LogP contribution is -2.37. The molecule has 3 unspecified atom stereocenters. The third-order valence-electron chi connectivity index (χ3n) is 3.12. The molecule has 1 saturated heterocycles. The van der Waals surface area contributed by atoms with Crippen LogP contribution in [0.1, 0.15) is 19.3 Å². The first kappa shape index (κ1) is 15.2. The summed E-state index contributed by atoms with van der Waals surface area (Å²) < 4.78 is 0. The molecule has 1 fully saturated rings. The van der Waals surface area contributed by atoms with Crippen LogP contribution < -0.4 is 10.6 Å². The molecule has 6 N–H and O–H groups in total. The maximum absolute atomic E-state index is 10.8. The number of carboxylic acid groups (broad SMARTS) is 3. The Morgan fingerprint density at radius 3 is 2.26 bits per heavy atom. The van der Waals surface area contributed by atoms with E-state index in [1.165, 1.54) is 0 Å². The minimum atomic E-state index is -1.34. The van der Waals surface area contributed by atoms with E-state index < -0.39 is 48.7 Å². The van der Waals surface area contributed by atoms with Crippen LogP contribution in [0.15, 0.2) is 0 Å². The Morgan fingerprint density at radius 1 is 1.26 bits per heavy atom. The summed E-state index contributed by atoms with van der Waals surface area (Å²) in [4.78, 5) is 31.9. The van der Waals surface area contributed by atoms with Gasteiger partial charge in [0.2, 0.25) is 0 Å². The molecule has 0 saturated carbocycles. The summed E-state index contributed by atoms with van der Waals surface area (Å²) in [6.07, 6.45) is -1.46. The lowest BCUT2D eigenvalue weighted by atomic mass is 9.95. The molecule has 0 radical (unpaired) electrons. The van der Waals surface area contributed by atoms with Crippen molar-refractivity contribution in [1.29, 1.82) is 0 Å². The molecule has 9 nitrogen and oxygen atoms in total. The fourth-order valence-corrected chi connectivity index (χ4v) is 2.02. The van der Waals surface area contributed by atoms with Crippen LogP contribution in [-0.2, 0) is 9.59 Å². The molecule has 1 amide bonds. The van der Waals surface area contributed by atoms with Crippen molar-refractivity contribution < 1.29 is 34.8 Å². The van der Waals surface area contributed by atoms with Gasteiger partial charge in [-0.15, -0.1) is 0 Å². The van der Waals surface area contributed by atoms with Crippen LogP contribution in [-0.4, -0.2) is 62.7 Å². The first-order valence-corrected chi connectivity index (χ1v) is 5.63. The number of nitrogens with one attached hydrogen (secondary N) is 2. The molecule has 0 aliphatic carbocycles. The van der Waals surface area contributed by atoms with E-state index in [9.17, 15) is 19.5 Å². The summed E-state index contributed by atoms with van der Waals surface area (Å²) in [6, 6.07) is -1.71. The molecule has 1 heterocycles. The summed E-state index contributed by atoms with van der Waals surface area (Å²) in [5.41, 5.74) is -0.983. The van der Waals surface area contributed by atoms with E-state index in [0.29, 0.717) is 0 Å². The highest BCUT2D eigenvalue weighted by molar-refractivity contribution is 5.80. The van der Waals surface area contributed by atoms with Gasteiger partial charge in [-0.25, -0.2) is 4.79 Å². The fourth-order valence-electron chi connectivity index (χ4n) is 2.02. The third kappa shape index (κ3) is 4.07. The largest absolute Gasteiger partial charge is 0.481 e. The SMILES string of the molecule is O=C(O)CC(CCC1(CO)NC1C(=O)O)NC(=O)O. The van der Waals surface area contributed by atoms with Crippen molar-refractivity contribution in [2.24, 2.45) is 0 Å². The summed E-state index contributed by atoms with van der Waals surface area (Å²) >= 11 is 0. The van der Waals surface area contributed by atoms with E-state index >= 15 is 0 Å². The van der Waals surface area contributed by atoms with Crippen molar-refractivity contribution in [1.82, 2.24) is 10.6 Å². The van der Waals surface area contributed by atoms with E-state index in [-0.39, 0.29) is 12.8 Å². The second kappa shape index (κ2) is 5.85. The number of carbonyl (C=O) groups is 3. The molecular weight excluding hydrogens is 260 g/mol. The lowest BCUT2D eigenvalue weighted by Gasteiger charge is -2.17. The lowest BCUT2D eigenvalue weighted by molar-refractivity contribution is -0.138. The maximum Gasteiger partial charge on any atom is 0.404 e. The fraction of sp³-hybridized carbons (Fsp3) is 0.700. The highest BCUT2D eigenvalue weighted by atomic mass is 16.4. The van der Waals surface area contributed by atoms with Crippen LogP contribution in [0.3, 0.4) is 0 Å². The van der Waals surface area contributed by atoms with E-state index in [4.69, 9.17) is 15.3 Å². The molecule has 0 aromatic rings. The Bertz CT molecular complexity index is 370. The molecule has 0 bridgehead atoms. The summed E-state index contributed by atoms with van der Waals surface area (Å²) in [6.45, 7) is -0.406. The number of amides is 1. The zero-order chi connectivity index (χ0) is 14.6. The summed E-state index contributed by atoms with van der Waals surface area (Å²) in [7, 11) is 0. The van der Waals surface area contributed by atoms with Gasteiger partial charge in [-0.05, 0) is 12.8 Å². The predicted octanol–water partition coefficient (Wildman–Crippen LogP) is -1.33. The molecule has 0 aromatic carbocycles. The Morgan fingerprint density at radius 2 is 1.89 bits per heavy atom. The van der Waals surface area contributed by atoms with Crippen molar-refractivity contribution in [2.45, 2.75) is 36.9 Å². The smallest absolute Gasteiger partial charge is 0.404 e. The van der Waals surface area contributed by atoms with Crippen LogP contribution in [0.25, 0.3) is 0 Å². The number of carboxylic acids is 2. The second-order valence-corrected chi connectivity index (χ2v) is 4.51. The molecule has 1 aliphatic heterocycles. The number of aliphatic carboxylic acids is 2. The summed E-state index contributed by atoms with van der Waals surface area (Å²) in [5, 5.41) is 39.9. The number of hydrogen-bond donors (Lipinski definition) is 6. The molecule has 19 heavy (non-hydrogen) atoms. The topological polar surface area (TPSA) is 166 Å². The van der Waals surface area contributed by atoms with Gasteiger partial charge in [0.05, 0.1) is 18.6 Å². The number of aliphatic hydroxyl groups excluding tert-OH is 1. The minimum absolute atomic E-state index is 0.121. The molecule has 1 aliphatic rings. The molecule has 108 valence electrons. The van der Waals surface area contributed by atoms with Gasteiger partial charge in [-0.3, -0.25) is 14.9 Å². The number of aliphatic hydroxyl groups is 1. The van der Waals surface area contributed by atoms with Crippen LogP contribution in [0.2, 0.25) is 0 Å². The number of hydrogen-bond acceptors (Lipinski definition) is 5. The predicted molar refractivity (Wildman–Crippen MR) is 60.8 cm³/mol.